The molecule has 0 unspecified atom stereocenters. The fourth-order valence-corrected chi connectivity index (χ4v) is 3.34. The Balaban J connectivity index is 1.58. The van der Waals surface area contributed by atoms with E-state index >= 15 is 0 Å². The van der Waals surface area contributed by atoms with Gasteiger partial charge >= 0.3 is 0 Å². The Morgan fingerprint density at radius 2 is 2.27 bits per heavy atom. The summed E-state index contributed by atoms with van der Waals surface area (Å²) >= 11 is 0. The number of pyridine rings is 1. The fourth-order valence-electron chi connectivity index (χ4n) is 3.34. The van der Waals surface area contributed by atoms with Gasteiger partial charge in [0.1, 0.15) is 11.6 Å². The summed E-state index contributed by atoms with van der Waals surface area (Å²) in [6.07, 6.45) is 6.40. The van der Waals surface area contributed by atoms with Crippen molar-refractivity contribution in [3.05, 3.63) is 30.1 Å². The third-order valence-corrected chi connectivity index (χ3v) is 5.58. The van der Waals surface area contributed by atoms with Crippen LogP contribution in [-0.2, 0) is 4.79 Å². The second-order valence-electron chi connectivity index (χ2n) is 7.93. The summed E-state index contributed by atoms with van der Waals surface area (Å²) in [5, 5.41) is 2.74. The smallest absolute Gasteiger partial charge is 0.258 e. The van der Waals surface area contributed by atoms with E-state index < -0.39 is 17.9 Å². The van der Waals surface area contributed by atoms with Gasteiger partial charge in [-0.2, -0.15) is 0 Å². The molecule has 3 rings (SSSR count). The van der Waals surface area contributed by atoms with Crippen LogP contribution < -0.4 is 15.8 Å². The van der Waals surface area contributed by atoms with Crippen LogP contribution in [0.4, 0.5) is 14.6 Å². The number of halogens is 2. The van der Waals surface area contributed by atoms with Crippen molar-refractivity contribution in [2.45, 2.75) is 38.2 Å². The number of hydrogen-bond donors (Lipinski definition) is 2. The van der Waals surface area contributed by atoms with E-state index in [0.29, 0.717) is 24.1 Å². The maximum absolute atomic E-state index is 14.4. The number of alkyl halides is 2. The van der Waals surface area contributed by atoms with E-state index in [2.05, 4.69) is 15.3 Å². The number of ether oxygens (including phenoxy) is 1. The van der Waals surface area contributed by atoms with Gasteiger partial charge in [-0.05, 0) is 43.9 Å². The van der Waals surface area contributed by atoms with Crippen LogP contribution in [0.15, 0.2) is 35.1 Å². The van der Waals surface area contributed by atoms with E-state index in [1.807, 2.05) is 0 Å². The summed E-state index contributed by atoms with van der Waals surface area (Å²) in [4.78, 5) is 22.3. The number of anilines is 1. The van der Waals surface area contributed by atoms with E-state index in [4.69, 9.17) is 10.5 Å². The first-order chi connectivity index (χ1) is 14.3. The summed E-state index contributed by atoms with van der Waals surface area (Å²) in [5.41, 5.74) is 5.94. The maximum atomic E-state index is 14.4. The summed E-state index contributed by atoms with van der Waals surface area (Å²) < 4.78 is 34.4. The zero-order valence-corrected chi connectivity index (χ0v) is 17.4. The van der Waals surface area contributed by atoms with E-state index in [1.54, 1.807) is 37.2 Å². The van der Waals surface area contributed by atoms with Crippen molar-refractivity contribution in [1.82, 2.24) is 9.88 Å². The van der Waals surface area contributed by atoms with Crippen molar-refractivity contribution in [2.24, 2.45) is 22.6 Å². The number of nitrogens with two attached hydrogens (primary N) is 1. The summed E-state index contributed by atoms with van der Waals surface area (Å²) in [6, 6.07) is 2.82. The van der Waals surface area contributed by atoms with Crippen molar-refractivity contribution in [3.8, 4) is 5.75 Å². The number of allylic oxidation sites excluding steroid dienone is 1. The molecule has 1 aromatic rings. The van der Waals surface area contributed by atoms with E-state index in [9.17, 15) is 13.6 Å². The van der Waals surface area contributed by atoms with Crippen molar-refractivity contribution in [2.75, 3.05) is 32.1 Å². The first kappa shape index (κ1) is 22.1. The molecule has 1 amide bonds. The Bertz CT molecular complexity index is 793. The van der Waals surface area contributed by atoms with Crippen molar-refractivity contribution < 1.29 is 18.3 Å². The number of nitrogens with one attached hydrogen (secondary N) is 1. The van der Waals surface area contributed by atoms with Crippen molar-refractivity contribution in [3.63, 3.8) is 0 Å². The molecule has 3 N–H and O–H groups in total. The van der Waals surface area contributed by atoms with Crippen LogP contribution in [-0.4, -0.2) is 60.7 Å². The normalized spacial score (nSPS) is 23.3. The molecule has 0 spiro atoms. The average Bonchev–Trinajstić information content (AvgIpc) is 3.55. The van der Waals surface area contributed by atoms with Gasteiger partial charge in [-0.3, -0.25) is 14.7 Å². The molecule has 164 valence electrons. The highest BCUT2D eigenvalue weighted by atomic mass is 19.3. The molecule has 30 heavy (non-hydrogen) atoms. The van der Waals surface area contributed by atoms with Crippen LogP contribution in [0.1, 0.15) is 26.2 Å². The molecule has 9 heteroatoms. The van der Waals surface area contributed by atoms with Crippen molar-refractivity contribution in [1.29, 1.82) is 0 Å². The molecule has 2 fully saturated rings. The Morgan fingerprint density at radius 3 is 2.90 bits per heavy atom. The number of nitrogens with zero attached hydrogens (tertiary/aromatic N) is 3. The van der Waals surface area contributed by atoms with Crippen LogP contribution in [0.2, 0.25) is 0 Å². The van der Waals surface area contributed by atoms with Gasteiger partial charge in [0.2, 0.25) is 5.91 Å². The van der Waals surface area contributed by atoms with Crippen LogP contribution in [0, 0.1) is 11.8 Å². The standard InChI is InChI=1S/C21H29F2N5O2/c1-14(28-10-8-21(22,23)17(12-28)18(24)7-9-25-2)20(29)27-19-6-5-16(11-26-19)30-13-15-3-4-15/h5-7,9,11,14-15,17H,3-4,8,10,12-13,24H2,1-2H3,(H,26,27,29)/b18-7-,25-9?/t14-,17-/m0/s1. The summed E-state index contributed by atoms with van der Waals surface area (Å²) in [6.45, 7) is 2.47. The lowest BCUT2D eigenvalue weighted by Crippen LogP contribution is -2.54. The number of amides is 1. The van der Waals surface area contributed by atoms with Crippen LogP contribution in [0.3, 0.4) is 0 Å². The predicted molar refractivity (Wildman–Crippen MR) is 112 cm³/mol. The number of aliphatic imine (C=N–C) groups is 1. The van der Waals surface area contributed by atoms with E-state index in [-0.39, 0.29) is 31.1 Å². The topological polar surface area (TPSA) is 92.8 Å². The SMILES string of the molecule is CN=C/C=C(\N)[C@@H]1CN([C@@H](C)C(=O)Nc2ccc(OCC3CC3)cn2)CCC1(F)F. The molecule has 7 nitrogen and oxygen atoms in total. The lowest BCUT2D eigenvalue weighted by molar-refractivity contribution is -0.128. The lowest BCUT2D eigenvalue weighted by atomic mass is 9.89. The Morgan fingerprint density at radius 1 is 1.50 bits per heavy atom. The van der Waals surface area contributed by atoms with Crippen LogP contribution in [0.25, 0.3) is 0 Å². The molecule has 1 aliphatic carbocycles. The number of carbonyl (C=O) groups is 1. The Labute approximate surface area is 175 Å². The second-order valence-corrected chi connectivity index (χ2v) is 7.93. The number of piperidine rings is 1. The highest BCUT2D eigenvalue weighted by Crippen LogP contribution is 2.37. The summed E-state index contributed by atoms with van der Waals surface area (Å²) in [5.74, 6) is -2.71. The predicted octanol–water partition coefficient (Wildman–Crippen LogP) is 2.70. The monoisotopic (exact) mass is 421 g/mol. The van der Waals surface area contributed by atoms with Gasteiger partial charge in [0.15, 0.2) is 0 Å². The number of likely N-dealkylation sites (tertiary alicyclic amines) is 1. The number of hydrogen-bond acceptors (Lipinski definition) is 6. The third-order valence-electron chi connectivity index (χ3n) is 5.58. The molecule has 0 aromatic carbocycles. The highest BCUT2D eigenvalue weighted by molar-refractivity contribution is 5.93. The maximum Gasteiger partial charge on any atom is 0.258 e. The minimum absolute atomic E-state index is 0.0111. The minimum atomic E-state index is -2.92. The lowest BCUT2D eigenvalue weighted by Gasteiger charge is -2.40. The van der Waals surface area contributed by atoms with Gasteiger partial charge in [-0.1, -0.05) is 0 Å². The molecule has 1 aliphatic heterocycles. The molecule has 1 aromatic heterocycles. The fraction of sp³-hybridized carbons (Fsp3) is 0.571. The highest BCUT2D eigenvalue weighted by Gasteiger charge is 2.46. The molecule has 2 atom stereocenters. The van der Waals surface area contributed by atoms with Gasteiger partial charge in [-0.25, -0.2) is 13.8 Å². The van der Waals surface area contributed by atoms with E-state index in [1.165, 1.54) is 25.1 Å². The second kappa shape index (κ2) is 9.51. The number of aromatic nitrogens is 1. The largest absolute Gasteiger partial charge is 0.492 e. The summed E-state index contributed by atoms with van der Waals surface area (Å²) in [7, 11) is 1.54. The van der Waals surface area contributed by atoms with Crippen LogP contribution in [0.5, 0.6) is 5.75 Å². The molecule has 2 aliphatic rings. The zero-order valence-electron chi connectivity index (χ0n) is 17.4. The first-order valence-corrected chi connectivity index (χ1v) is 10.2. The van der Waals surface area contributed by atoms with Gasteiger partial charge in [0.05, 0.1) is 24.8 Å². The van der Waals surface area contributed by atoms with Crippen molar-refractivity contribution >= 4 is 17.9 Å². The molecule has 0 radical (unpaired) electrons. The van der Waals surface area contributed by atoms with Gasteiger partial charge in [0, 0.05) is 38.5 Å². The van der Waals surface area contributed by atoms with Gasteiger partial charge in [0.25, 0.3) is 5.92 Å². The minimum Gasteiger partial charge on any atom is -0.492 e. The number of rotatable bonds is 8. The molecular weight excluding hydrogens is 392 g/mol. The zero-order chi connectivity index (χ0) is 21.7. The van der Waals surface area contributed by atoms with Gasteiger partial charge in [-0.15, -0.1) is 0 Å². The molecule has 2 heterocycles. The molecular formula is C21H29F2N5O2. The Kier molecular flexibility index (Phi) is 7.02. The quantitative estimate of drug-likeness (QED) is 0.630. The van der Waals surface area contributed by atoms with E-state index in [0.717, 1.165) is 0 Å². The molecule has 0 bridgehead atoms. The first-order valence-electron chi connectivity index (χ1n) is 10.2. The molecule has 1 saturated carbocycles. The average molecular weight is 421 g/mol. The van der Waals surface area contributed by atoms with Crippen LogP contribution >= 0.6 is 0 Å². The van der Waals surface area contributed by atoms with Gasteiger partial charge < -0.3 is 15.8 Å². The molecule has 1 saturated heterocycles. The third kappa shape index (κ3) is 5.75. The Hall–Kier alpha value is -2.55. The number of carbonyl (C=O) groups excluding carboxylic acids is 1.